The van der Waals surface area contributed by atoms with Crippen molar-refractivity contribution >= 4 is 9.84 Å². The third-order valence-corrected chi connectivity index (χ3v) is 4.52. The Hall–Kier alpha value is -0.880. The maximum Gasteiger partial charge on any atom is 0.153 e. The highest BCUT2D eigenvalue weighted by molar-refractivity contribution is 7.91. The lowest BCUT2D eigenvalue weighted by atomic mass is 9.99. The highest BCUT2D eigenvalue weighted by atomic mass is 32.2. The molecule has 2 heterocycles. The van der Waals surface area contributed by atoms with Gasteiger partial charge in [-0.1, -0.05) is 0 Å². The van der Waals surface area contributed by atoms with Crippen LogP contribution in [-0.4, -0.2) is 34.8 Å². The largest absolute Gasteiger partial charge is 0.382 e. The molecule has 0 saturated carbocycles. The Balaban J connectivity index is 2.39. The fraction of sp³-hybridized carbons (Fsp3) is 0.667. The lowest BCUT2D eigenvalue weighted by Gasteiger charge is -2.21. The van der Waals surface area contributed by atoms with E-state index in [1.165, 1.54) is 0 Å². The Labute approximate surface area is 88.6 Å². The zero-order valence-corrected chi connectivity index (χ0v) is 9.37. The summed E-state index contributed by atoms with van der Waals surface area (Å²) in [5.41, 5.74) is -0.642. The number of aryl methyl sites for hydroxylation is 1. The van der Waals surface area contributed by atoms with E-state index in [0.717, 1.165) is 0 Å². The van der Waals surface area contributed by atoms with Crippen molar-refractivity contribution in [2.75, 3.05) is 11.5 Å². The van der Waals surface area contributed by atoms with Crippen LogP contribution < -0.4 is 0 Å². The zero-order valence-electron chi connectivity index (χ0n) is 8.55. The van der Waals surface area contributed by atoms with Crippen molar-refractivity contribution in [3.05, 3.63) is 18.0 Å². The summed E-state index contributed by atoms with van der Waals surface area (Å²) in [6.07, 6.45) is 1.85. The molecule has 0 aromatic carbocycles. The van der Waals surface area contributed by atoms with E-state index >= 15 is 0 Å². The molecule has 1 N–H and O–H groups in total. The molecule has 84 valence electrons. The summed E-state index contributed by atoms with van der Waals surface area (Å²) in [7, 11) is -3.10. The van der Waals surface area contributed by atoms with Crippen LogP contribution in [0, 0.1) is 0 Å². The van der Waals surface area contributed by atoms with Crippen LogP contribution in [0.25, 0.3) is 0 Å². The van der Waals surface area contributed by atoms with Gasteiger partial charge in [0, 0.05) is 12.7 Å². The van der Waals surface area contributed by atoms with Gasteiger partial charge in [0.2, 0.25) is 0 Å². The van der Waals surface area contributed by atoms with E-state index in [2.05, 4.69) is 5.10 Å². The summed E-state index contributed by atoms with van der Waals surface area (Å²) in [6.45, 7) is 2.54. The average molecular weight is 230 g/mol. The molecule has 1 aliphatic heterocycles. The number of nitrogens with zero attached hydrogens (tertiary/aromatic N) is 2. The van der Waals surface area contributed by atoms with Crippen LogP contribution in [0.4, 0.5) is 0 Å². The van der Waals surface area contributed by atoms with Crippen LogP contribution in [0.15, 0.2) is 12.3 Å². The summed E-state index contributed by atoms with van der Waals surface area (Å²) in [6, 6.07) is 1.68. The molecule has 1 atom stereocenters. The molecule has 15 heavy (non-hydrogen) atoms. The van der Waals surface area contributed by atoms with E-state index in [1.807, 2.05) is 6.92 Å². The van der Waals surface area contributed by atoms with Gasteiger partial charge < -0.3 is 5.11 Å². The maximum atomic E-state index is 11.4. The predicted molar refractivity (Wildman–Crippen MR) is 55.1 cm³/mol. The van der Waals surface area contributed by atoms with Crippen molar-refractivity contribution in [3.63, 3.8) is 0 Å². The van der Waals surface area contributed by atoms with Crippen LogP contribution in [-0.2, 0) is 22.0 Å². The topological polar surface area (TPSA) is 72.2 Å². The van der Waals surface area contributed by atoms with E-state index in [0.29, 0.717) is 12.2 Å². The summed E-state index contributed by atoms with van der Waals surface area (Å²) in [5, 5.41) is 14.3. The average Bonchev–Trinajstić information content (AvgIpc) is 2.71. The lowest BCUT2D eigenvalue weighted by Crippen LogP contribution is -2.30. The van der Waals surface area contributed by atoms with Gasteiger partial charge in [0.15, 0.2) is 9.84 Å². The van der Waals surface area contributed by atoms with Crippen molar-refractivity contribution in [1.82, 2.24) is 9.78 Å². The van der Waals surface area contributed by atoms with Crippen LogP contribution in [0.1, 0.15) is 19.0 Å². The second-order valence-corrected chi connectivity index (χ2v) is 6.09. The normalized spacial score (nSPS) is 29.5. The fourth-order valence-electron chi connectivity index (χ4n) is 2.01. The number of rotatable bonds is 2. The Bertz CT molecular complexity index is 465. The first-order valence-corrected chi connectivity index (χ1v) is 6.74. The fourth-order valence-corrected chi connectivity index (χ4v) is 3.83. The first-order valence-electron chi connectivity index (χ1n) is 4.92. The molecule has 1 aromatic heterocycles. The minimum Gasteiger partial charge on any atom is -0.382 e. The quantitative estimate of drug-likeness (QED) is 0.770. The molecule has 1 unspecified atom stereocenters. The Morgan fingerprint density at radius 1 is 1.67 bits per heavy atom. The van der Waals surface area contributed by atoms with Crippen molar-refractivity contribution in [2.24, 2.45) is 0 Å². The third-order valence-electron chi connectivity index (χ3n) is 2.78. The zero-order chi connectivity index (χ0) is 11.1. The number of aliphatic hydroxyl groups is 1. The van der Waals surface area contributed by atoms with E-state index in [1.54, 1.807) is 16.9 Å². The van der Waals surface area contributed by atoms with Gasteiger partial charge in [-0.05, 0) is 19.4 Å². The number of aromatic nitrogens is 2. The molecular formula is C9H14N2O3S. The SMILES string of the molecule is CCn1nccc1C1(O)CCS(=O)(=O)C1. The van der Waals surface area contributed by atoms with Crippen molar-refractivity contribution in [3.8, 4) is 0 Å². The van der Waals surface area contributed by atoms with Crippen LogP contribution in [0.3, 0.4) is 0 Å². The minimum absolute atomic E-state index is 0.0540. The van der Waals surface area contributed by atoms with Crippen LogP contribution in [0.5, 0.6) is 0 Å². The van der Waals surface area contributed by atoms with E-state index in [9.17, 15) is 13.5 Å². The first kappa shape index (κ1) is 10.6. The molecule has 1 aliphatic rings. The second kappa shape index (κ2) is 3.31. The van der Waals surface area contributed by atoms with Gasteiger partial charge in [-0.15, -0.1) is 0 Å². The van der Waals surface area contributed by atoms with Gasteiger partial charge in [0.1, 0.15) is 5.60 Å². The Morgan fingerprint density at radius 2 is 2.40 bits per heavy atom. The molecular weight excluding hydrogens is 216 g/mol. The molecule has 0 aliphatic carbocycles. The molecule has 1 fully saturated rings. The summed E-state index contributed by atoms with van der Waals surface area (Å²) < 4.78 is 24.3. The minimum atomic E-state index is -3.10. The third kappa shape index (κ3) is 1.79. The molecule has 5 nitrogen and oxygen atoms in total. The second-order valence-electron chi connectivity index (χ2n) is 3.91. The van der Waals surface area contributed by atoms with Gasteiger partial charge >= 0.3 is 0 Å². The molecule has 6 heteroatoms. The van der Waals surface area contributed by atoms with E-state index < -0.39 is 15.4 Å². The standard InChI is InChI=1S/C9H14N2O3S/c1-2-11-8(3-5-10-11)9(12)4-6-15(13,14)7-9/h3,5,12H,2,4,6-7H2,1H3. The first-order chi connectivity index (χ1) is 6.97. The van der Waals surface area contributed by atoms with Crippen molar-refractivity contribution in [1.29, 1.82) is 0 Å². The van der Waals surface area contributed by atoms with E-state index in [-0.39, 0.29) is 17.9 Å². The molecule has 1 saturated heterocycles. The van der Waals surface area contributed by atoms with Crippen molar-refractivity contribution in [2.45, 2.75) is 25.5 Å². The number of hydrogen-bond acceptors (Lipinski definition) is 4. The van der Waals surface area contributed by atoms with Gasteiger partial charge in [0.05, 0.1) is 17.2 Å². The molecule has 1 aromatic rings. The maximum absolute atomic E-state index is 11.4. The molecule has 0 amide bonds. The Morgan fingerprint density at radius 3 is 2.93 bits per heavy atom. The highest BCUT2D eigenvalue weighted by Crippen LogP contribution is 2.33. The van der Waals surface area contributed by atoms with Crippen LogP contribution in [0.2, 0.25) is 0 Å². The highest BCUT2D eigenvalue weighted by Gasteiger charge is 2.43. The molecule has 0 radical (unpaired) electrons. The summed E-state index contributed by atoms with van der Waals surface area (Å²) in [5.74, 6) is -0.135. The molecule has 2 rings (SSSR count). The lowest BCUT2D eigenvalue weighted by molar-refractivity contribution is 0.0555. The summed E-state index contributed by atoms with van der Waals surface area (Å²) >= 11 is 0. The predicted octanol–water partition coefficient (Wildman–Crippen LogP) is -0.0909. The smallest absolute Gasteiger partial charge is 0.153 e. The van der Waals surface area contributed by atoms with Gasteiger partial charge in [-0.25, -0.2) is 8.42 Å². The van der Waals surface area contributed by atoms with Gasteiger partial charge in [0.25, 0.3) is 0 Å². The van der Waals surface area contributed by atoms with Crippen LogP contribution >= 0.6 is 0 Å². The number of sulfone groups is 1. The molecule has 0 bridgehead atoms. The van der Waals surface area contributed by atoms with E-state index in [4.69, 9.17) is 0 Å². The van der Waals surface area contributed by atoms with Gasteiger partial charge in [-0.2, -0.15) is 5.10 Å². The van der Waals surface area contributed by atoms with Gasteiger partial charge in [-0.3, -0.25) is 4.68 Å². The number of hydrogen-bond donors (Lipinski definition) is 1. The summed E-state index contributed by atoms with van der Waals surface area (Å²) in [4.78, 5) is 0. The monoisotopic (exact) mass is 230 g/mol. The Kier molecular flexibility index (Phi) is 2.35. The molecule has 0 spiro atoms. The van der Waals surface area contributed by atoms with Crippen molar-refractivity contribution < 1.29 is 13.5 Å².